The van der Waals surface area contributed by atoms with E-state index in [2.05, 4.69) is 20.5 Å². The Morgan fingerprint density at radius 2 is 1.70 bits per heavy atom. The Morgan fingerprint density at radius 3 is 2.50 bits per heavy atom. The summed E-state index contributed by atoms with van der Waals surface area (Å²) in [5.41, 5.74) is 6.13. The minimum atomic E-state index is -0.271. The fourth-order valence-electron chi connectivity index (χ4n) is 1.77. The predicted octanol–water partition coefficient (Wildman–Crippen LogP) is 3.21. The summed E-state index contributed by atoms with van der Waals surface area (Å²) in [6, 6.07) is 11.7. The van der Waals surface area contributed by atoms with E-state index in [1.807, 2.05) is 18.2 Å². The lowest BCUT2D eigenvalue weighted by molar-refractivity contribution is 0.628. The molecule has 0 aliphatic rings. The number of hydrogen-bond donors (Lipinski definition) is 1. The van der Waals surface area contributed by atoms with E-state index in [1.165, 1.54) is 12.1 Å². The van der Waals surface area contributed by atoms with Crippen molar-refractivity contribution in [3.8, 4) is 0 Å². The van der Waals surface area contributed by atoms with Gasteiger partial charge in [0.05, 0.1) is 22.9 Å². The zero-order valence-corrected chi connectivity index (χ0v) is 10.5. The molecule has 0 spiro atoms. The fourth-order valence-corrected chi connectivity index (χ4v) is 1.77. The minimum Gasteiger partial charge on any atom is -0.279 e. The zero-order valence-electron chi connectivity index (χ0n) is 10.5. The van der Waals surface area contributed by atoms with E-state index in [-0.39, 0.29) is 5.82 Å². The van der Waals surface area contributed by atoms with Crippen molar-refractivity contribution >= 4 is 22.9 Å². The summed E-state index contributed by atoms with van der Waals surface area (Å²) in [4.78, 5) is 8.43. The lowest BCUT2D eigenvalue weighted by Crippen LogP contribution is -1.91. The van der Waals surface area contributed by atoms with E-state index in [0.29, 0.717) is 0 Å². The van der Waals surface area contributed by atoms with E-state index in [1.54, 1.807) is 30.7 Å². The number of nitrogens with one attached hydrogen (secondary N) is 1. The Morgan fingerprint density at radius 1 is 0.950 bits per heavy atom. The number of aromatic nitrogens is 2. The molecule has 3 aromatic rings. The molecule has 3 rings (SSSR count). The number of halogens is 1. The first kappa shape index (κ1) is 12.2. The highest BCUT2D eigenvalue weighted by Gasteiger charge is 1.96. The molecule has 1 heterocycles. The van der Waals surface area contributed by atoms with Crippen LogP contribution in [0.1, 0.15) is 5.56 Å². The van der Waals surface area contributed by atoms with Gasteiger partial charge in [-0.25, -0.2) is 4.39 Å². The molecule has 98 valence electrons. The minimum absolute atomic E-state index is 0.271. The molecule has 1 aromatic heterocycles. The number of anilines is 1. The summed E-state index contributed by atoms with van der Waals surface area (Å²) in [7, 11) is 0. The third kappa shape index (κ3) is 2.77. The maximum absolute atomic E-state index is 12.7. The molecule has 0 atom stereocenters. The number of fused-ring (bicyclic) bond motifs is 1. The van der Waals surface area contributed by atoms with Gasteiger partial charge in [0, 0.05) is 12.4 Å². The molecule has 0 aliphatic heterocycles. The highest BCUT2D eigenvalue weighted by Crippen LogP contribution is 2.10. The van der Waals surface area contributed by atoms with Crippen LogP contribution in [0.3, 0.4) is 0 Å². The van der Waals surface area contributed by atoms with Gasteiger partial charge in [0.25, 0.3) is 0 Å². The van der Waals surface area contributed by atoms with Crippen LogP contribution in [0, 0.1) is 5.82 Å². The molecule has 0 radical (unpaired) electrons. The second-order valence-electron chi connectivity index (χ2n) is 4.18. The summed E-state index contributed by atoms with van der Waals surface area (Å²) in [6.45, 7) is 0. The number of rotatable bonds is 3. The highest BCUT2D eigenvalue weighted by atomic mass is 19.1. The van der Waals surface area contributed by atoms with E-state index in [0.717, 1.165) is 22.3 Å². The van der Waals surface area contributed by atoms with Gasteiger partial charge in [-0.15, -0.1) is 0 Å². The van der Waals surface area contributed by atoms with Crippen LogP contribution in [-0.2, 0) is 0 Å². The quantitative estimate of drug-likeness (QED) is 0.585. The Labute approximate surface area is 115 Å². The van der Waals surface area contributed by atoms with Crippen LogP contribution in [0.15, 0.2) is 60.0 Å². The van der Waals surface area contributed by atoms with Crippen LogP contribution >= 0.6 is 0 Å². The second-order valence-corrected chi connectivity index (χ2v) is 4.18. The summed E-state index contributed by atoms with van der Waals surface area (Å²) in [5, 5.41) is 4.10. The summed E-state index contributed by atoms with van der Waals surface area (Å²) < 4.78 is 12.7. The first-order valence-electron chi connectivity index (χ1n) is 6.07. The molecule has 0 aliphatic carbocycles. The second kappa shape index (κ2) is 5.44. The molecular weight excluding hydrogens is 255 g/mol. The smallest absolute Gasteiger partial charge is 0.123 e. The van der Waals surface area contributed by atoms with E-state index < -0.39 is 0 Å². The first-order chi connectivity index (χ1) is 9.81. The van der Waals surface area contributed by atoms with Crippen molar-refractivity contribution in [3.63, 3.8) is 0 Å². The van der Waals surface area contributed by atoms with Crippen LogP contribution in [0.2, 0.25) is 0 Å². The molecule has 0 bridgehead atoms. The topological polar surface area (TPSA) is 50.2 Å². The summed E-state index contributed by atoms with van der Waals surface area (Å²) in [5.74, 6) is -0.271. The van der Waals surface area contributed by atoms with Crippen molar-refractivity contribution in [2.24, 2.45) is 5.10 Å². The molecule has 0 saturated heterocycles. The van der Waals surface area contributed by atoms with E-state index in [4.69, 9.17) is 0 Å². The SMILES string of the molecule is Fc1ccc(NN=Cc2ccc3nccnc3c2)cc1. The molecule has 1 N–H and O–H groups in total. The van der Waals surface area contributed by atoms with Gasteiger partial charge in [-0.2, -0.15) is 5.10 Å². The lowest BCUT2D eigenvalue weighted by Gasteiger charge is -2.00. The predicted molar refractivity (Wildman–Crippen MR) is 77.2 cm³/mol. The van der Waals surface area contributed by atoms with E-state index >= 15 is 0 Å². The molecule has 4 nitrogen and oxygen atoms in total. The largest absolute Gasteiger partial charge is 0.279 e. The van der Waals surface area contributed by atoms with Crippen molar-refractivity contribution < 1.29 is 4.39 Å². The molecule has 20 heavy (non-hydrogen) atoms. The standard InChI is InChI=1S/C15H11FN4/c16-12-2-4-13(5-3-12)20-19-10-11-1-6-14-15(9-11)18-8-7-17-14/h1-10,20H. The van der Waals surface area contributed by atoms with Crippen molar-refractivity contribution in [1.29, 1.82) is 0 Å². The van der Waals surface area contributed by atoms with Crippen molar-refractivity contribution in [2.75, 3.05) is 5.43 Å². The van der Waals surface area contributed by atoms with Gasteiger partial charge in [-0.05, 0) is 42.0 Å². The molecular formula is C15H11FN4. The van der Waals surface area contributed by atoms with Crippen LogP contribution in [0.5, 0.6) is 0 Å². The molecule has 2 aromatic carbocycles. The lowest BCUT2D eigenvalue weighted by atomic mass is 10.2. The van der Waals surface area contributed by atoms with Gasteiger partial charge in [0.15, 0.2) is 0 Å². The Kier molecular flexibility index (Phi) is 3.33. The summed E-state index contributed by atoms with van der Waals surface area (Å²) in [6.07, 6.45) is 4.99. The molecule has 0 amide bonds. The Balaban J connectivity index is 1.75. The first-order valence-corrected chi connectivity index (χ1v) is 6.07. The fraction of sp³-hybridized carbons (Fsp3) is 0. The van der Waals surface area contributed by atoms with Crippen molar-refractivity contribution in [1.82, 2.24) is 9.97 Å². The van der Waals surface area contributed by atoms with Gasteiger partial charge in [0.2, 0.25) is 0 Å². The number of benzene rings is 2. The Bertz CT molecular complexity index is 753. The highest BCUT2D eigenvalue weighted by molar-refractivity contribution is 5.86. The molecule has 5 heteroatoms. The average Bonchev–Trinajstić information content (AvgIpc) is 2.49. The summed E-state index contributed by atoms with van der Waals surface area (Å²) >= 11 is 0. The van der Waals surface area contributed by atoms with Gasteiger partial charge in [-0.1, -0.05) is 6.07 Å². The Hall–Kier alpha value is -2.82. The molecule has 0 unspecified atom stereocenters. The van der Waals surface area contributed by atoms with Gasteiger partial charge in [-0.3, -0.25) is 15.4 Å². The van der Waals surface area contributed by atoms with Crippen LogP contribution in [0.4, 0.5) is 10.1 Å². The van der Waals surface area contributed by atoms with Gasteiger partial charge in [0.1, 0.15) is 5.82 Å². The van der Waals surface area contributed by atoms with Crippen molar-refractivity contribution in [2.45, 2.75) is 0 Å². The maximum atomic E-state index is 12.7. The number of hydrogen-bond acceptors (Lipinski definition) is 4. The zero-order chi connectivity index (χ0) is 13.8. The third-order valence-corrected chi connectivity index (χ3v) is 2.74. The van der Waals surface area contributed by atoms with Gasteiger partial charge < -0.3 is 0 Å². The van der Waals surface area contributed by atoms with Crippen LogP contribution in [-0.4, -0.2) is 16.2 Å². The average molecular weight is 266 g/mol. The normalized spacial score (nSPS) is 11.1. The van der Waals surface area contributed by atoms with Crippen LogP contribution < -0.4 is 5.43 Å². The van der Waals surface area contributed by atoms with Crippen molar-refractivity contribution in [3.05, 3.63) is 66.2 Å². The third-order valence-electron chi connectivity index (χ3n) is 2.74. The molecule has 0 saturated carbocycles. The molecule has 0 fully saturated rings. The van der Waals surface area contributed by atoms with Crippen LogP contribution in [0.25, 0.3) is 11.0 Å². The number of nitrogens with zero attached hydrogens (tertiary/aromatic N) is 3. The maximum Gasteiger partial charge on any atom is 0.123 e. The monoisotopic (exact) mass is 266 g/mol. The van der Waals surface area contributed by atoms with E-state index in [9.17, 15) is 4.39 Å². The van der Waals surface area contributed by atoms with Gasteiger partial charge >= 0.3 is 0 Å². The number of hydrazone groups is 1.